The molecule has 0 aromatic heterocycles. The molecule has 0 aliphatic rings. The van der Waals surface area contributed by atoms with Crippen molar-refractivity contribution in [3.63, 3.8) is 0 Å². The number of rotatable bonds is 6. The van der Waals surface area contributed by atoms with Crippen molar-refractivity contribution in [3.8, 4) is 0 Å². The van der Waals surface area contributed by atoms with Crippen molar-refractivity contribution < 1.29 is 14.3 Å². The number of nitrogens with one attached hydrogen (secondary N) is 1. The minimum atomic E-state index is -0.706. The predicted octanol–water partition coefficient (Wildman–Crippen LogP) is 1.84. The van der Waals surface area contributed by atoms with Gasteiger partial charge in [0.25, 0.3) is 0 Å². The van der Waals surface area contributed by atoms with Crippen molar-refractivity contribution in [1.29, 1.82) is 0 Å². The molecule has 0 aliphatic heterocycles. The van der Waals surface area contributed by atoms with Crippen LogP contribution in [0.4, 0.5) is 10.1 Å². The standard InChI is InChI=1S/C14H21FN2O2/c1-4-7-17(9-14(19)16-3)13-6-5-11(10(2)18)8-12(13)15/h5-6,8,10,18H,4,7,9H2,1-3H3,(H,16,19). The number of likely N-dealkylation sites (N-methyl/N-ethyl adjacent to an activating group) is 1. The number of aliphatic hydroxyl groups is 1. The first-order chi connectivity index (χ1) is 8.99. The summed E-state index contributed by atoms with van der Waals surface area (Å²) in [7, 11) is 1.55. The third-order valence-electron chi connectivity index (χ3n) is 2.90. The fourth-order valence-electron chi connectivity index (χ4n) is 1.85. The molecule has 5 heteroatoms. The van der Waals surface area contributed by atoms with E-state index in [9.17, 15) is 14.3 Å². The summed E-state index contributed by atoms with van der Waals surface area (Å²) in [5, 5.41) is 11.9. The quantitative estimate of drug-likeness (QED) is 0.827. The number of carbonyl (C=O) groups is 1. The van der Waals surface area contributed by atoms with E-state index in [1.165, 1.54) is 6.07 Å². The number of amides is 1. The van der Waals surface area contributed by atoms with Crippen LogP contribution in [0, 0.1) is 5.82 Å². The summed E-state index contributed by atoms with van der Waals surface area (Å²) in [4.78, 5) is 13.1. The first-order valence-corrected chi connectivity index (χ1v) is 6.42. The van der Waals surface area contributed by atoms with Crippen LogP contribution in [0.3, 0.4) is 0 Å². The number of hydrogen-bond acceptors (Lipinski definition) is 3. The van der Waals surface area contributed by atoms with Gasteiger partial charge < -0.3 is 15.3 Å². The fraction of sp³-hybridized carbons (Fsp3) is 0.500. The van der Waals surface area contributed by atoms with E-state index in [1.54, 1.807) is 31.0 Å². The molecule has 19 heavy (non-hydrogen) atoms. The van der Waals surface area contributed by atoms with Crippen LogP contribution in [0.15, 0.2) is 18.2 Å². The maximum absolute atomic E-state index is 14.1. The molecular formula is C14H21FN2O2. The zero-order valence-electron chi connectivity index (χ0n) is 11.6. The molecule has 1 amide bonds. The van der Waals surface area contributed by atoms with E-state index in [0.717, 1.165) is 6.42 Å². The molecule has 1 atom stereocenters. The van der Waals surface area contributed by atoms with Crippen LogP contribution in [0.1, 0.15) is 31.9 Å². The van der Waals surface area contributed by atoms with Gasteiger partial charge in [0, 0.05) is 13.6 Å². The molecule has 0 radical (unpaired) electrons. The van der Waals surface area contributed by atoms with Crippen molar-refractivity contribution in [2.75, 3.05) is 25.0 Å². The second-order valence-corrected chi connectivity index (χ2v) is 4.48. The Balaban J connectivity index is 2.98. The van der Waals surface area contributed by atoms with Crippen molar-refractivity contribution in [2.24, 2.45) is 0 Å². The lowest BCUT2D eigenvalue weighted by molar-refractivity contribution is -0.119. The molecule has 1 rings (SSSR count). The molecule has 1 aromatic carbocycles. The van der Waals surface area contributed by atoms with E-state index in [4.69, 9.17) is 0 Å². The van der Waals surface area contributed by atoms with Crippen LogP contribution < -0.4 is 10.2 Å². The SMILES string of the molecule is CCCN(CC(=O)NC)c1ccc(C(C)O)cc1F. The van der Waals surface area contributed by atoms with Gasteiger partial charge in [0.1, 0.15) is 5.82 Å². The normalized spacial score (nSPS) is 12.1. The van der Waals surface area contributed by atoms with Gasteiger partial charge in [0.05, 0.1) is 18.3 Å². The summed E-state index contributed by atoms with van der Waals surface area (Å²) in [6.45, 7) is 4.27. The number of anilines is 1. The summed E-state index contributed by atoms with van der Waals surface area (Å²) in [5.74, 6) is -0.580. The number of hydrogen-bond donors (Lipinski definition) is 2. The van der Waals surface area contributed by atoms with E-state index in [-0.39, 0.29) is 12.5 Å². The Hall–Kier alpha value is -1.62. The number of nitrogens with zero attached hydrogens (tertiary/aromatic N) is 1. The first-order valence-electron chi connectivity index (χ1n) is 6.42. The van der Waals surface area contributed by atoms with Crippen LogP contribution in [-0.4, -0.2) is 31.2 Å². The molecular weight excluding hydrogens is 247 g/mol. The lowest BCUT2D eigenvalue weighted by Gasteiger charge is -2.24. The first kappa shape index (κ1) is 15.4. The molecule has 0 bridgehead atoms. The minimum Gasteiger partial charge on any atom is -0.389 e. The summed E-state index contributed by atoms with van der Waals surface area (Å²) >= 11 is 0. The molecule has 1 unspecified atom stereocenters. The van der Waals surface area contributed by atoms with Crippen LogP contribution in [-0.2, 0) is 4.79 Å². The lowest BCUT2D eigenvalue weighted by atomic mass is 10.1. The van der Waals surface area contributed by atoms with Crippen molar-refractivity contribution in [3.05, 3.63) is 29.6 Å². The van der Waals surface area contributed by atoms with E-state index in [1.807, 2.05) is 6.92 Å². The van der Waals surface area contributed by atoms with Gasteiger partial charge in [-0.15, -0.1) is 0 Å². The summed E-state index contributed by atoms with van der Waals surface area (Å²) in [5.41, 5.74) is 0.910. The maximum atomic E-state index is 14.1. The van der Waals surface area contributed by atoms with Crippen LogP contribution in [0.2, 0.25) is 0 Å². The molecule has 0 aliphatic carbocycles. The minimum absolute atomic E-state index is 0.120. The number of carbonyl (C=O) groups excluding carboxylic acids is 1. The highest BCUT2D eigenvalue weighted by Gasteiger charge is 2.15. The van der Waals surface area contributed by atoms with Crippen LogP contribution in [0.25, 0.3) is 0 Å². The Morgan fingerprint density at radius 2 is 2.21 bits per heavy atom. The Labute approximate surface area is 113 Å². The van der Waals surface area contributed by atoms with Crippen LogP contribution in [0.5, 0.6) is 0 Å². The molecule has 0 fully saturated rings. The second kappa shape index (κ2) is 7.09. The van der Waals surface area contributed by atoms with Gasteiger partial charge in [-0.2, -0.15) is 0 Å². The van der Waals surface area contributed by atoms with Gasteiger partial charge in [0.15, 0.2) is 0 Å². The van der Waals surface area contributed by atoms with E-state index >= 15 is 0 Å². The Morgan fingerprint density at radius 3 is 2.68 bits per heavy atom. The van der Waals surface area contributed by atoms with Gasteiger partial charge in [-0.25, -0.2) is 4.39 Å². The molecule has 1 aromatic rings. The number of benzene rings is 1. The van der Waals surface area contributed by atoms with E-state index in [0.29, 0.717) is 17.8 Å². The summed E-state index contributed by atoms with van der Waals surface area (Å²) < 4.78 is 14.1. The Bertz CT molecular complexity index is 435. The monoisotopic (exact) mass is 268 g/mol. The van der Waals surface area contributed by atoms with E-state index < -0.39 is 11.9 Å². The summed E-state index contributed by atoms with van der Waals surface area (Å²) in [6, 6.07) is 4.60. The summed E-state index contributed by atoms with van der Waals surface area (Å²) in [6.07, 6.45) is 0.108. The van der Waals surface area contributed by atoms with Gasteiger partial charge in [0.2, 0.25) is 5.91 Å². The highest BCUT2D eigenvalue weighted by molar-refractivity contribution is 5.81. The average Bonchev–Trinajstić information content (AvgIpc) is 2.37. The topological polar surface area (TPSA) is 52.6 Å². The van der Waals surface area contributed by atoms with Crippen molar-refractivity contribution >= 4 is 11.6 Å². The molecule has 0 spiro atoms. The largest absolute Gasteiger partial charge is 0.389 e. The highest BCUT2D eigenvalue weighted by Crippen LogP contribution is 2.23. The van der Waals surface area contributed by atoms with Gasteiger partial charge >= 0.3 is 0 Å². The fourth-order valence-corrected chi connectivity index (χ4v) is 1.85. The molecule has 0 saturated heterocycles. The third-order valence-corrected chi connectivity index (χ3v) is 2.90. The average molecular weight is 268 g/mol. The molecule has 2 N–H and O–H groups in total. The predicted molar refractivity (Wildman–Crippen MR) is 73.6 cm³/mol. The zero-order chi connectivity index (χ0) is 14.4. The third kappa shape index (κ3) is 4.21. The lowest BCUT2D eigenvalue weighted by Crippen LogP contribution is -2.36. The van der Waals surface area contributed by atoms with Crippen molar-refractivity contribution in [1.82, 2.24) is 5.32 Å². The molecule has 4 nitrogen and oxygen atoms in total. The smallest absolute Gasteiger partial charge is 0.239 e. The molecule has 106 valence electrons. The Morgan fingerprint density at radius 1 is 1.53 bits per heavy atom. The molecule has 0 saturated carbocycles. The Kier molecular flexibility index (Phi) is 5.76. The highest BCUT2D eigenvalue weighted by atomic mass is 19.1. The zero-order valence-corrected chi connectivity index (χ0v) is 11.6. The number of aliphatic hydroxyl groups excluding tert-OH is 1. The van der Waals surface area contributed by atoms with Gasteiger partial charge in [-0.1, -0.05) is 13.0 Å². The second-order valence-electron chi connectivity index (χ2n) is 4.48. The maximum Gasteiger partial charge on any atom is 0.239 e. The van der Waals surface area contributed by atoms with Crippen LogP contribution >= 0.6 is 0 Å². The molecule has 0 heterocycles. The van der Waals surface area contributed by atoms with E-state index in [2.05, 4.69) is 5.32 Å². The van der Waals surface area contributed by atoms with Crippen molar-refractivity contribution in [2.45, 2.75) is 26.4 Å². The van der Waals surface area contributed by atoms with Gasteiger partial charge in [-0.3, -0.25) is 4.79 Å². The van der Waals surface area contributed by atoms with Gasteiger partial charge in [-0.05, 0) is 31.0 Å². The number of halogens is 1.